The quantitative estimate of drug-likeness (QED) is 0.154. The lowest BCUT2D eigenvalue weighted by Gasteiger charge is -2.17. The summed E-state index contributed by atoms with van der Waals surface area (Å²) < 4.78 is 0. The van der Waals surface area contributed by atoms with Crippen LogP contribution in [0, 0.1) is 5.92 Å². The van der Waals surface area contributed by atoms with Crippen LogP contribution in [0.3, 0.4) is 0 Å². The summed E-state index contributed by atoms with van der Waals surface area (Å²) in [5.74, 6) is 0.604. The Labute approximate surface area is 190 Å². The molecule has 0 aromatic rings. The van der Waals surface area contributed by atoms with Gasteiger partial charge in [-0.1, -0.05) is 143 Å². The Morgan fingerprint density at radius 3 is 1.27 bits per heavy atom. The van der Waals surface area contributed by atoms with E-state index in [1.165, 1.54) is 122 Å². The van der Waals surface area contributed by atoms with Crippen molar-refractivity contribution in [3.63, 3.8) is 0 Å². The van der Waals surface area contributed by atoms with Gasteiger partial charge in [-0.3, -0.25) is 4.79 Å². The van der Waals surface area contributed by atoms with E-state index in [0.29, 0.717) is 5.91 Å². The first-order valence-electron chi connectivity index (χ1n) is 14.0. The van der Waals surface area contributed by atoms with Crippen LogP contribution in [0.5, 0.6) is 0 Å². The molecule has 180 valence electrons. The van der Waals surface area contributed by atoms with Gasteiger partial charge in [0, 0.05) is 12.5 Å². The van der Waals surface area contributed by atoms with Crippen molar-refractivity contribution in [1.29, 1.82) is 0 Å². The summed E-state index contributed by atoms with van der Waals surface area (Å²) >= 11 is 0. The van der Waals surface area contributed by atoms with E-state index >= 15 is 0 Å². The Balaban J connectivity index is 3.84. The maximum atomic E-state index is 12.7. The van der Waals surface area contributed by atoms with Crippen molar-refractivity contribution in [2.24, 2.45) is 5.92 Å². The van der Waals surface area contributed by atoms with Crippen molar-refractivity contribution in [3.05, 3.63) is 0 Å². The Bertz CT molecular complexity index is 342. The van der Waals surface area contributed by atoms with E-state index < -0.39 is 0 Å². The molecule has 0 bridgehead atoms. The van der Waals surface area contributed by atoms with Gasteiger partial charge in [-0.2, -0.15) is 0 Å². The molecular formula is C28H57NO. The van der Waals surface area contributed by atoms with E-state index in [9.17, 15) is 4.79 Å². The van der Waals surface area contributed by atoms with Crippen LogP contribution in [0.15, 0.2) is 0 Å². The summed E-state index contributed by atoms with van der Waals surface area (Å²) in [5, 5.41) is 3.27. The van der Waals surface area contributed by atoms with Crippen LogP contribution in [-0.4, -0.2) is 12.5 Å². The maximum Gasteiger partial charge on any atom is 0.223 e. The zero-order chi connectivity index (χ0) is 22.1. The molecule has 0 saturated heterocycles. The minimum atomic E-state index is 0.260. The fourth-order valence-corrected chi connectivity index (χ4v) is 4.36. The first kappa shape index (κ1) is 29.5. The lowest BCUT2D eigenvalue weighted by Crippen LogP contribution is -2.31. The molecule has 1 unspecified atom stereocenters. The van der Waals surface area contributed by atoms with E-state index in [2.05, 4.69) is 26.1 Å². The average molecular weight is 424 g/mol. The second kappa shape index (κ2) is 24.7. The molecular weight excluding hydrogens is 366 g/mol. The van der Waals surface area contributed by atoms with Crippen LogP contribution in [-0.2, 0) is 4.79 Å². The highest BCUT2D eigenvalue weighted by Gasteiger charge is 2.17. The fraction of sp³-hybridized carbons (Fsp3) is 0.964. The molecule has 2 nitrogen and oxygen atoms in total. The van der Waals surface area contributed by atoms with Gasteiger partial charge in [-0.15, -0.1) is 0 Å². The summed E-state index contributed by atoms with van der Waals surface area (Å²) in [7, 11) is 0. The van der Waals surface area contributed by atoms with E-state index in [4.69, 9.17) is 0 Å². The minimum Gasteiger partial charge on any atom is -0.356 e. The molecule has 0 rings (SSSR count). The van der Waals surface area contributed by atoms with Gasteiger partial charge < -0.3 is 5.32 Å². The third-order valence-electron chi connectivity index (χ3n) is 6.51. The zero-order valence-corrected chi connectivity index (χ0v) is 21.2. The molecule has 2 heteroatoms. The first-order chi connectivity index (χ1) is 14.8. The Morgan fingerprint density at radius 1 is 0.500 bits per heavy atom. The third-order valence-corrected chi connectivity index (χ3v) is 6.51. The van der Waals surface area contributed by atoms with Crippen LogP contribution in [0.2, 0.25) is 0 Å². The Hall–Kier alpha value is -0.530. The zero-order valence-electron chi connectivity index (χ0n) is 21.2. The van der Waals surface area contributed by atoms with Gasteiger partial charge >= 0.3 is 0 Å². The van der Waals surface area contributed by atoms with Crippen LogP contribution in [0.4, 0.5) is 0 Å². The lowest BCUT2D eigenvalue weighted by atomic mass is 9.93. The number of carbonyl (C=O) groups is 1. The molecule has 30 heavy (non-hydrogen) atoms. The summed E-state index contributed by atoms with van der Waals surface area (Å²) in [6, 6.07) is 0. The molecule has 0 saturated carbocycles. The number of rotatable bonds is 24. The summed E-state index contributed by atoms with van der Waals surface area (Å²) in [6.07, 6.45) is 28.7. The predicted octanol–water partition coefficient (Wildman–Crippen LogP) is 9.36. The lowest BCUT2D eigenvalue weighted by molar-refractivity contribution is -0.125. The van der Waals surface area contributed by atoms with Crippen molar-refractivity contribution in [1.82, 2.24) is 5.32 Å². The second-order valence-electron chi connectivity index (χ2n) is 9.58. The van der Waals surface area contributed by atoms with E-state index in [-0.39, 0.29) is 5.92 Å². The molecule has 0 radical (unpaired) electrons. The Kier molecular flexibility index (Phi) is 24.3. The highest BCUT2D eigenvalue weighted by molar-refractivity contribution is 5.78. The van der Waals surface area contributed by atoms with Crippen LogP contribution in [0.1, 0.15) is 162 Å². The normalized spacial score (nSPS) is 12.2. The number of unbranched alkanes of at least 4 members (excludes halogenated alkanes) is 17. The SMILES string of the molecule is CCCCCCCCCCCCNC(=O)C(CCCCCC)CCCCCCCC. The number of amides is 1. The van der Waals surface area contributed by atoms with Crippen LogP contribution < -0.4 is 5.32 Å². The topological polar surface area (TPSA) is 29.1 Å². The monoisotopic (exact) mass is 423 g/mol. The van der Waals surface area contributed by atoms with Crippen molar-refractivity contribution >= 4 is 5.91 Å². The number of hydrogen-bond donors (Lipinski definition) is 1. The number of nitrogens with one attached hydrogen (secondary N) is 1. The molecule has 0 aliphatic carbocycles. The molecule has 0 fully saturated rings. The van der Waals surface area contributed by atoms with Gasteiger partial charge in [-0.05, 0) is 19.3 Å². The average Bonchev–Trinajstić information content (AvgIpc) is 2.75. The first-order valence-corrected chi connectivity index (χ1v) is 14.0. The van der Waals surface area contributed by atoms with E-state index in [0.717, 1.165) is 25.8 Å². The molecule has 0 aromatic carbocycles. The molecule has 1 atom stereocenters. The molecule has 0 heterocycles. The second-order valence-corrected chi connectivity index (χ2v) is 9.58. The summed E-state index contributed by atoms with van der Waals surface area (Å²) in [4.78, 5) is 12.7. The van der Waals surface area contributed by atoms with Crippen molar-refractivity contribution in [3.8, 4) is 0 Å². The van der Waals surface area contributed by atoms with Gasteiger partial charge in [0.15, 0.2) is 0 Å². The minimum absolute atomic E-state index is 0.260. The van der Waals surface area contributed by atoms with E-state index in [1.807, 2.05) is 0 Å². The van der Waals surface area contributed by atoms with Gasteiger partial charge in [0.1, 0.15) is 0 Å². The van der Waals surface area contributed by atoms with Crippen molar-refractivity contribution < 1.29 is 4.79 Å². The van der Waals surface area contributed by atoms with Crippen molar-refractivity contribution in [2.75, 3.05) is 6.54 Å². The summed E-state index contributed by atoms with van der Waals surface area (Å²) in [6.45, 7) is 7.69. The van der Waals surface area contributed by atoms with Gasteiger partial charge in [0.25, 0.3) is 0 Å². The third kappa shape index (κ3) is 20.7. The standard InChI is InChI=1S/C28H57NO/c1-4-7-10-13-15-16-17-18-20-23-26-29-28(30)27(24-21-12-9-6-3)25-22-19-14-11-8-5-2/h27H,4-26H2,1-3H3,(H,29,30). The highest BCUT2D eigenvalue weighted by atomic mass is 16.1. The molecule has 0 spiro atoms. The Morgan fingerprint density at radius 2 is 0.833 bits per heavy atom. The summed E-state index contributed by atoms with van der Waals surface area (Å²) in [5.41, 5.74) is 0. The van der Waals surface area contributed by atoms with E-state index in [1.54, 1.807) is 0 Å². The van der Waals surface area contributed by atoms with Gasteiger partial charge in [-0.25, -0.2) is 0 Å². The highest BCUT2D eigenvalue weighted by Crippen LogP contribution is 2.19. The van der Waals surface area contributed by atoms with Crippen LogP contribution in [0.25, 0.3) is 0 Å². The van der Waals surface area contributed by atoms with Gasteiger partial charge in [0.2, 0.25) is 5.91 Å². The van der Waals surface area contributed by atoms with Gasteiger partial charge in [0.05, 0.1) is 0 Å². The number of hydrogen-bond acceptors (Lipinski definition) is 1. The molecule has 1 N–H and O–H groups in total. The molecule has 0 aliphatic rings. The largest absolute Gasteiger partial charge is 0.356 e. The maximum absolute atomic E-state index is 12.7. The molecule has 1 amide bonds. The predicted molar refractivity (Wildman–Crippen MR) is 135 cm³/mol. The van der Waals surface area contributed by atoms with Crippen LogP contribution >= 0.6 is 0 Å². The molecule has 0 aliphatic heterocycles. The smallest absolute Gasteiger partial charge is 0.223 e. The fourth-order valence-electron chi connectivity index (χ4n) is 4.36. The molecule has 0 aromatic heterocycles. The number of carbonyl (C=O) groups excluding carboxylic acids is 1. The van der Waals surface area contributed by atoms with Crippen molar-refractivity contribution in [2.45, 2.75) is 162 Å².